The lowest BCUT2D eigenvalue weighted by molar-refractivity contribution is -0.255. The Kier molecular flexibility index (Phi) is 12.3. The third-order valence-electron chi connectivity index (χ3n) is 11.1. The van der Waals surface area contributed by atoms with Gasteiger partial charge in [0.1, 0.15) is 24.7 Å². The molecule has 4 aliphatic rings. The second-order valence-electron chi connectivity index (χ2n) is 14.4. The van der Waals surface area contributed by atoms with Gasteiger partial charge in [0, 0.05) is 50.6 Å². The monoisotopic (exact) mass is 715 g/mol. The van der Waals surface area contributed by atoms with Gasteiger partial charge in [-0.2, -0.15) is 0 Å². The van der Waals surface area contributed by atoms with Crippen LogP contribution in [0.3, 0.4) is 0 Å². The molecule has 280 valence electrons. The molecule has 0 spiro atoms. The number of carbonyl (C=O) groups is 2. The predicted molar refractivity (Wildman–Crippen MR) is 197 cm³/mol. The molecule has 2 amide bonds. The number of rotatable bonds is 17. The summed E-state index contributed by atoms with van der Waals surface area (Å²) >= 11 is 0. The lowest BCUT2D eigenvalue weighted by Gasteiger charge is -2.59. The van der Waals surface area contributed by atoms with E-state index < -0.39 is 23.8 Å². The number of aliphatic hydroxyl groups is 2. The smallest absolute Gasteiger partial charge is 0.412 e. The number of hydrogen-bond donors (Lipinski definition) is 3. The summed E-state index contributed by atoms with van der Waals surface area (Å²) in [7, 11) is 3.37. The molecule has 0 radical (unpaired) electrons. The minimum absolute atomic E-state index is 0.0193. The normalized spacial score (nSPS) is 26.7. The molecule has 6 unspecified atom stereocenters. The van der Waals surface area contributed by atoms with Gasteiger partial charge in [0.25, 0.3) is 0 Å². The van der Waals surface area contributed by atoms with E-state index in [9.17, 15) is 19.8 Å². The van der Waals surface area contributed by atoms with Crippen LogP contribution >= 0.6 is 0 Å². The SMILES string of the molecule is C=CCOC12Oc3ccc(OC(=O)NCc4ccccc4)cc3C3C(CCCCO)C(CCCCO)C=C(C(=NOC)CC1N(C)C(=O)C1CC1)C32. The molecule has 3 N–H and O–H groups in total. The molecule has 2 aromatic rings. The van der Waals surface area contributed by atoms with Gasteiger partial charge < -0.3 is 39.5 Å². The van der Waals surface area contributed by atoms with Crippen molar-refractivity contribution in [3.63, 3.8) is 0 Å². The Bertz CT molecular complexity index is 1620. The first-order valence-corrected chi connectivity index (χ1v) is 18.7. The van der Waals surface area contributed by atoms with Crippen LogP contribution in [0, 0.1) is 23.7 Å². The van der Waals surface area contributed by atoms with E-state index in [1.54, 1.807) is 17.0 Å². The number of aliphatic hydroxyl groups excluding tert-OH is 2. The number of nitrogens with zero attached hydrogens (tertiary/aromatic N) is 2. The van der Waals surface area contributed by atoms with Crippen molar-refractivity contribution < 1.29 is 38.9 Å². The summed E-state index contributed by atoms with van der Waals surface area (Å²) in [4.78, 5) is 34.1. The fourth-order valence-corrected chi connectivity index (χ4v) is 8.59. The molecule has 2 saturated carbocycles. The van der Waals surface area contributed by atoms with E-state index in [2.05, 4.69) is 23.1 Å². The molecule has 3 aliphatic carbocycles. The summed E-state index contributed by atoms with van der Waals surface area (Å²) in [6.45, 7) is 4.70. The Labute approximate surface area is 306 Å². The summed E-state index contributed by atoms with van der Waals surface area (Å²) in [5.41, 5.74) is 3.55. The number of fused-ring (bicyclic) bond motifs is 2. The maximum Gasteiger partial charge on any atom is 0.412 e. The zero-order chi connectivity index (χ0) is 36.7. The average Bonchev–Trinajstić information content (AvgIpc) is 4.01. The van der Waals surface area contributed by atoms with Crippen LogP contribution in [0.2, 0.25) is 0 Å². The summed E-state index contributed by atoms with van der Waals surface area (Å²) in [6, 6.07) is 14.6. The number of unbranched alkanes of at least 4 members (excludes halogenated alkanes) is 2. The van der Waals surface area contributed by atoms with E-state index >= 15 is 0 Å². The first kappa shape index (κ1) is 37.6. The number of oxime groups is 1. The summed E-state index contributed by atoms with van der Waals surface area (Å²) in [5, 5.41) is 26.9. The Morgan fingerprint density at radius 2 is 1.83 bits per heavy atom. The van der Waals surface area contributed by atoms with Crippen molar-refractivity contribution in [2.45, 2.75) is 82.1 Å². The second-order valence-corrected chi connectivity index (χ2v) is 14.4. The molecule has 2 aromatic carbocycles. The van der Waals surface area contributed by atoms with Gasteiger partial charge in [0.2, 0.25) is 11.7 Å². The lowest BCUT2D eigenvalue weighted by atomic mass is 9.55. The number of benzene rings is 2. The molecule has 0 saturated heterocycles. The Balaban J connectivity index is 1.47. The number of nitrogens with one attached hydrogen (secondary N) is 1. The number of allylic oxidation sites excluding steroid dienone is 1. The van der Waals surface area contributed by atoms with Crippen molar-refractivity contribution in [2.75, 3.05) is 34.0 Å². The van der Waals surface area contributed by atoms with E-state index in [4.69, 9.17) is 19.0 Å². The average molecular weight is 716 g/mol. The minimum Gasteiger partial charge on any atom is -0.459 e. The number of hydrogen-bond acceptors (Lipinski definition) is 9. The van der Waals surface area contributed by atoms with Gasteiger partial charge in [-0.1, -0.05) is 60.5 Å². The van der Waals surface area contributed by atoms with Crippen LogP contribution in [-0.4, -0.2) is 78.6 Å². The van der Waals surface area contributed by atoms with Gasteiger partial charge in [-0.15, -0.1) is 6.58 Å². The van der Waals surface area contributed by atoms with E-state index in [1.807, 2.05) is 49.5 Å². The minimum atomic E-state index is -1.29. The van der Waals surface area contributed by atoms with Gasteiger partial charge in [-0.25, -0.2) is 4.79 Å². The predicted octanol–water partition coefficient (Wildman–Crippen LogP) is 6.11. The fourth-order valence-electron chi connectivity index (χ4n) is 8.59. The van der Waals surface area contributed by atoms with Crippen LogP contribution in [-0.2, 0) is 20.9 Å². The lowest BCUT2D eigenvalue weighted by Crippen LogP contribution is -2.69. The van der Waals surface area contributed by atoms with Crippen molar-refractivity contribution in [3.8, 4) is 11.5 Å². The molecule has 6 atom stereocenters. The molecule has 11 heteroatoms. The number of carbonyl (C=O) groups excluding carboxylic acids is 2. The molecule has 1 heterocycles. The van der Waals surface area contributed by atoms with Crippen molar-refractivity contribution in [1.82, 2.24) is 10.2 Å². The van der Waals surface area contributed by atoms with Gasteiger partial charge in [0.05, 0.1) is 18.2 Å². The zero-order valence-electron chi connectivity index (χ0n) is 30.4. The van der Waals surface area contributed by atoms with Gasteiger partial charge in [-0.3, -0.25) is 4.79 Å². The Morgan fingerprint density at radius 1 is 1.08 bits per heavy atom. The topological polar surface area (TPSA) is 139 Å². The van der Waals surface area contributed by atoms with E-state index in [1.165, 1.54) is 7.11 Å². The van der Waals surface area contributed by atoms with Crippen LogP contribution in [0.5, 0.6) is 11.5 Å². The third-order valence-corrected chi connectivity index (χ3v) is 11.1. The van der Waals surface area contributed by atoms with E-state index in [0.717, 1.165) is 60.9 Å². The van der Waals surface area contributed by atoms with Crippen molar-refractivity contribution >= 4 is 17.7 Å². The molecule has 0 aromatic heterocycles. The molecule has 11 nitrogen and oxygen atoms in total. The summed E-state index contributed by atoms with van der Waals surface area (Å²) in [6.07, 6.45) is 10.2. The third kappa shape index (κ3) is 7.91. The van der Waals surface area contributed by atoms with E-state index in [0.29, 0.717) is 37.3 Å². The molecule has 0 bridgehead atoms. The van der Waals surface area contributed by atoms with Gasteiger partial charge in [0.15, 0.2) is 0 Å². The van der Waals surface area contributed by atoms with Crippen LogP contribution in [0.25, 0.3) is 0 Å². The molecule has 6 rings (SSSR count). The van der Waals surface area contributed by atoms with Crippen LogP contribution < -0.4 is 14.8 Å². The molecular weight excluding hydrogens is 662 g/mol. The van der Waals surface area contributed by atoms with Crippen LogP contribution in [0.15, 0.2) is 78.0 Å². The van der Waals surface area contributed by atoms with Gasteiger partial charge >= 0.3 is 6.09 Å². The Morgan fingerprint density at radius 3 is 2.52 bits per heavy atom. The summed E-state index contributed by atoms with van der Waals surface area (Å²) < 4.78 is 19.8. The first-order chi connectivity index (χ1) is 25.3. The summed E-state index contributed by atoms with van der Waals surface area (Å²) in [5.74, 6) is -0.685. The number of amides is 2. The van der Waals surface area contributed by atoms with Crippen LogP contribution in [0.4, 0.5) is 4.79 Å². The highest BCUT2D eigenvalue weighted by atomic mass is 16.7. The Hall–Kier alpha value is -4.19. The first-order valence-electron chi connectivity index (χ1n) is 18.7. The largest absolute Gasteiger partial charge is 0.459 e. The zero-order valence-corrected chi connectivity index (χ0v) is 30.4. The molecule has 2 fully saturated rings. The highest BCUT2D eigenvalue weighted by Gasteiger charge is 2.65. The number of ether oxygens (including phenoxy) is 3. The highest BCUT2D eigenvalue weighted by molar-refractivity contribution is 6.03. The van der Waals surface area contributed by atoms with E-state index in [-0.39, 0.29) is 49.4 Å². The highest BCUT2D eigenvalue weighted by Crippen LogP contribution is 2.62. The standard InChI is InChI=1S/C41H53N3O8/c1-4-22-50-41-36(44(2)39(47)28-16-17-28)25-34(43-49-3)32-23-29(14-8-10-20-45)31(15-9-11-21-46)37(38(32)41)33-24-30(18-19-35(33)52-41)51-40(48)42-26-27-12-6-5-7-13-27/h4-7,12-13,18-19,23-24,28-29,31,36-38,45-46H,1,8-11,14-17,20-22,25-26H2,2-3H3,(H,42,48). The molecule has 52 heavy (non-hydrogen) atoms. The second kappa shape index (κ2) is 17.1. The van der Waals surface area contributed by atoms with Crippen molar-refractivity contribution in [2.24, 2.45) is 28.8 Å². The van der Waals surface area contributed by atoms with Crippen molar-refractivity contribution in [3.05, 3.63) is 84.0 Å². The maximum absolute atomic E-state index is 13.8. The molecule has 1 aliphatic heterocycles. The number of likely N-dealkylation sites (N-methyl/N-ethyl adjacent to an activating group) is 1. The van der Waals surface area contributed by atoms with Crippen molar-refractivity contribution in [1.29, 1.82) is 0 Å². The van der Waals surface area contributed by atoms with Gasteiger partial charge in [-0.05, 0) is 79.7 Å². The maximum atomic E-state index is 13.8. The van der Waals surface area contributed by atoms with Crippen LogP contribution in [0.1, 0.15) is 74.8 Å². The fraction of sp³-hybridized carbons (Fsp3) is 0.537. The quantitative estimate of drug-likeness (QED) is 0.101. The molecular formula is C41H53N3O8.